The second-order valence-electron chi connectivity index (χ2n) is 3.78. The van der Waals surface area contributed by atoms with Crippen LogP contribution in [0.3, 0.4) is 0 Å². The summed E-state index contributed by atoms with van der Waals surface area (Å²) in [5.74, 6) is -0.746. The largest absolute Gasteiger partial charge is 0.288 e. The number of rotatable bonds is 2. The molecule has 0 aliphatic heterocycles. The fraction of sp³-hybridized carbons (Fsp3) is 0.154. The lowest BCUT2D eigenvalue weighted by Gasteiger charge is -2.02. The first kappa shape index (κ1) is 12.5. The second kappa shape index (κ2) is 4.70. The molecule has 1 aromatic carbocycles. The molecule has 0 unspecified atom stereocenters. The number of aryl methyl sites for hydroxylation is 2. The summed E-state index contributed by atoms with van der Waals surface area (Å²) in [6.07, 6.45) is 0. The van der Waals surface area contributed by atoms with Gasteiger partial charge in [-0.25, -0.2) is 4.39 Å². The predicted molar refractivity (Wildman–Crippen MR) is 71.3 cm³/mol. The van der Waals surface area contributed by atoms with Gasteiger partial charge < -0.3 is 0 Å². The molecule has 88 valence electrons. The van der Waals surface area contributed by atoms with Crippen molar-refractivity contribution in [3.05, 3.63) is 55.4 Å². The lowest BCUT2D eigenvalue weighted by atomic mass is 10.0. The molecule has 1 heterocycles. The zero-order valence-electron chi connectivity index (χ0n) is 9.38. The molecule has 0 spiro atoms. The van der Waals surface area contributed by atoms with Crippen molar-refractivity contribution in [2.75, 3.05) is 0 Å². The molecule has 1 aromatic heterocycles. The molecule has 2 aromatic rings. The Morgan fingerprint density at radius 2 is 1.94 bits per heavy atom. The van der Waals surface area contributed by atoms with Gasteiger partial charge in [-0.05, 0) is 38.1 Å². The van der Waals surface area contributed by atoms with E-state index in [1.165, 1.54) is 12.1 Å². The normalized spacial score (nSPS) is 10.6. The van der Waals surface area contributed by atoms with Crippen LogP contribution >= 0.6 is 27.3 Å². The molecule has 0 fully saturated rings. The van der Waals surface area contributed by atoms with Gasteiger partial charge in [-0.2, -0.15) is 0 Å². The molecule has 1 nitrogen and oxygen atoms in total. The van der Waals surface area contributed by atoms with Gasteiger partial charge in [0.05, 0.1) is 5.56 Å². The van der Waals surface area contributed by atoms with Gasteiger partial charge in [-0.1, -0.05) is 15.9 Å². The zero-order chi connectivity index (χ0) is 12.6. The smallest absolute Gasteiger partial charge is 0.197 e. The van der Waals surface area contributed by atoms with Crippen molar-refractivity contribution in [2.45, 2.75) is 13.8 Å². The van der Waals surface area contributed by atoms with E-state index in [1.54, 1.807) is 17.4 Å². The molecule has 0 radical (unpaired) electrons. The van der Waals surface area contributed by atoms with Crippen molar-refractivity contribution >= 4 is 33.0 Å². The van der Waals surface area contributed by atoms with Gasteiger partial charge in [-0.3, -0.25) is 4.79 Å². The van der Waals surface area contributed by atoms with E-state index in [0.717, 1.165) is 9.75 Å². The quantitative estimate of drug-likeness (QED) is 0.746. The third kappa shape index (κ3) is 2.48. The highest BCUT2D eigenvalue weighted by Crippen LogP contribution is 2.25. The number of halogens is 2. The van der Waals surface area contributed by atoms with Crippen molar-refractivity contribution in [3.8, 4) is 0 Å². The third-order valence-electron chi connectivity index (χ3n) is 2.46. The van der Waals surface area contributed by atoms with Crippen LogP contribution in [0.5, 0.6) is 0 Å². The Hall–Kier alpha value is -1.000. The number of benzene rings is 1. The molecule has 0 amide bonds. The van der Waals surface area contributed by atoms with Crippen LogP contribution in [0.1, 0.15) is 25.7 Å². The van der Waals surface area contributed by atoms with Crippen LogP contribution in [0.25, 0.3) is 0 Å². The first-order valence-electron chi connectivity index (χ1n) is 5.06. The summed E-state index contributed by atoms with van der Waals surface area (Å²) >= 11 is 4.72. The van der Waals surface area contributed by atoms with Gasteiger partial charge in [-0.15, -0.1) is 11.3 Å². The number of carbonyl (C=O) groups is 1. The van der Waals surface area contributed by atoms with E-state index in [0.29, 0.717) is 10.0 Å². The van der Waals surface area contributed by atoms with Crippen molar-refractivity contribution in [2.24, 2.45) is 0 Å². The van der Waals surface area contributed by atoms with E-state index < -0.39 is 5.82 Å². The predicted octanol–water partition coefficient (Wildman–Crippen LogP) is 4.50. The molecule has 0 aliphatic carbocycles. The van der Waals surface area contributed by atoms with Gasteiger partial charge in [0.1, 0.15) is 5.82 Å². The third-order valence-corrected chi connectivity index (χ3v) is 3.92. The lowest BCUT2D eigenvalue weighted by molar-refractivity contribution is 0.103. The maximum Gasteiger partial charge on any atom is 0.197 e. The Kier molecular flexibility index (Phi) is 3.45. The minimum atomic E-state index is -0.493. The first-order valence-corrected chi connectivity index (χ1v) is 6.67. The Bertz CT molecular complexity index is 589. The second-order valence-corrected chi connectivity index (χ2v) is 6.16. The van der Waals surface area contributed by atoms with Crippen molar-refractivity contribution in [3.63, 3.8) is 0 Å². The fourth-order valence-corrected chi connectivity index (χ4v) is 2.93. The first-order chi connectivity index (χ1) is 7.99. The Labute approximate surface area is 111 Å². The highest BCUT2D eigenvalue weighted by Gasteiger charge is 2.17. The van der Waals surface area contributed by atoms with E-state index in [2.05, 4.69) is 15.9 Å². The summed E-state index contributed by atoms with van der Waals surface area (Å²) in [6.45, 7) is 3.81. The Balaban J connectivity index is 2.47. The molecule has 2 rings (SSSR count). The molecule has 0 atom stereocenters. The molecule has 0 aliphatic rings. The molecular weight excluding hydrogens is 303 g/mol. The van der Waals surface area contributed by atoms with Crippen molar-refractivity contribution in [1.29, 1.82) is 0 Å². The highest BCUT2D eigenvalue weighted by molar-refractivity contribution is 9.10. The fourth-order valence-electron chi connectivity index (χ4n) is 1.67. The van der Waals surface area contributed by atoms with Crippen LogP contribution in [0.4, 0.5) is 4.39 Å². The minimum absolute atomic E-state index is 0.120. The number of thiophene rings is 1. The van der Waals surface area contributed by atoms with Crippen LogP contribution < -0.4 is 0 Å². The summed E-state index contributed by atoms with van der Waals surface area (Å²) in [7, 11) is 0. The van der Waals surface area contributed by atoms with Crippen LogP contribution in [-0.2, 0) is 0 Å². The number of hydrogen-bond acceptors (Lipinski definition) is 2. The van der Waals surface area contributed by atoms with Gasteiger partial charge in [0.15, 0.2) is 5.78 Å². The maximum absolute atomic E-state index is 13.7. The van der Waals surface area contributed by atoms with E-state index >= 15 is 0 Å². The molecular formula is C13H10BrFOS. The lowest BCUT2D eigenvalue weighted by Crippen LogP contribution is -2.04. The minimum Gasteiger partial charge on any atom is -0.288 e. The Morgan fingerprint density at radius 3 is 2.47 bits per heavy atom. The SMILES string of the molecule is Cc1cc(C(=O)c2ccc(Br)cc2F)c(C)s1. The number of carbonyl (C=O) groups excluding carboxylic acids is 1. The van der Waals surface area contributed by atoms with Crippen LogP contribution in [0.15, 0.2) is 28.7 Å². The topological polar surface area (TPSA) is 17.1 Å². The Morgan fingerprint density at radius 1 is 1.24 bits per heavy atom. The summed E-state index contributed by atoms with van der Waals surface area (Å²) < 4.78 is 14.3. The van der Waals surface area contributed by atoms with Gasteiger partial charge in [0.2, 0.25) is 0 Å². The molecule has 0 saturated heterocycles. The monoisotopic (exact) mass is 312 g/mol. The van der Waals surface area contributed by atoms with E-state index in [1.807, 2.05) is 19.9 Å². The zero-order valence-corrected chi connectivity index (χ0v) is 11.8. The summed E-state index contributed by atoms with van der Waals surface area (Å²) in [4.78, 5) is 14.1. The molecule has 0 bridgehead atoms. The molecule has 17 heavy (non-hydrogen) atoms. The van der Waals surface area contributed by atoms with Crippen molar-refractivity contribution < 1.29 is 9.18 Å². The van der Waals surface area contributed by atoms with Gasteiger partial charge in [0.25, 0.3) is 0 Å². The van der Waals surface area contributed by atoms with E-state index in [4.69, 9.17) is 0 Å². The van der Waals surface area contributed by atoms with Crippen LogP contribution in [0, 0.1) is 19.7 Å². The summed E-state index contributed by atoms with van der Waals surface area (Å²) in [6, 6.07) is 6.30. The standard InChI is InChI=1S/C13H10BrFOS/c1-7-5-11(8(2)17-7)13(16)10-4-3-9(14)6-12(10)15/h3-6H,1-2H3. The van der Waals surface area contributed by atoms with Gasteiger partial charge >= 0.3 is 0 Å². The average molecular weight is 313 g/mol. The van der Waals surface area contributed by atoms with Crippen LogP contribution in [0.2, 0.25) is 0 Å². The number of hydrogen-bond donors (Lipinski definition) is 0. The highest BCUT2D eigenvalue weighted by atomic mass is 79.9. The molecule has 4 heteroatoms. The van der Waals surface area contributed by atoms with Gasteiger partial charge in [0, 0.05) is 19.8 Å². The summed E-state index contributed by atoms with van der Waals surface area (Å²) in [5.41, 5.74) is 0.711. The van der Waals surface area contributed by atoms with E-state index in [9.17, 15) is 9.18 Å². The maximum atomic E-state index is 13.7. The molecule has 0 saturated carbocycles. The molecule has 0 N–H and O–H groups in total. The van der Waals surface area contributed by atoms with E-state index in [-0.39, 0.29) is 11.3 Å². The summed E-state index contributed by atoms with van der Waals surface area (Å²) in [5, 5.41) is 0. The number of ketones is 1. The van der Waals surface area contributed by atoms with Crippen molar-refractivity contribution in [1.82, 2.24) is 0 Å². The van der Waals surface area contributed by atoms with Crippen LogP contribution in [-0.4, -0.2) is 5.78 Å². The average Bonchev–Trinajstić information content (AvgIpc) is 2.57.